The molecule has 0 atom stereocenters. The van der Waals surface area contributed by atoms with Crippen molar-refractivity contribution in [3.05, 3.63) is 46.6 Å². The van der Waals surface area contributed by atoms with E-state index in [9.17, 15) is 4.79 Å². The smallest absolute Gasteiger partial charge is 0.350 e. The third kappa shape index (κ3) is 4.48. The lowest BCUT2D eigenvalue weighted by molar-refractivity contribution is -0.138. The molecular weight excluding hydrogens is 252 g/mol. The molecular formula is C13H13ClN2O2. The van der Waals surface area contributed by atoms with Gasteiger partial charge in [0.05, 0.1) is 6.61 Å². The summed E-state index contributed by atoms with van der Waals surface area (Å²) in [4.78, 5) is 11.3. The van der Waals surface area contributed by atoms with Gasteiger partial charge in [-0.2, -0.15) is 5.26 Å². The van der Waals surface area contributed by atoms with Crippen LogP contribution in [-0.2, 0) is 16.1 Å². The number of nitrogens with one attached hydrogen (secondary N) is 1. The third-order valence-corrected chi connectivity index (χ3v) is 2.29. The Morgan fingerprint density at radius 3 is 3.00 bits per heavy atom. The van der Waals surface area contributed by atoms with Crippen molar-refractivity contribution < 1.29 is 9.53 Å². The quantitative estimate of drug-likeness (QED) is 0.504. The van der Waals surface area contributed by atoms with Gasteiger partial charge in [0.15, 0.2) is 5.57 Å². The van der Waals surface area contributed by atoms with Crippen molar-refractivity contribution in [1.29, 1.82) is 5.26 Å². The molecule has 0 amide bonds. The molecule has 0 unspecified atom stereocenters. The number of carbonyl (C=O) groups excluding carboxylic acids is 1. The topological polar surface area (TPSA) is 62.1 Å². The molecule has 0 aromatic heterocycles. The van der Waals surface area contributed by atoms with Crippen LogP contribution >= 0.6 is 11.6 Å². The van der Waals surface area contributed by atoms with Gasteiger partial charge in [-0.15, -0.1) is 0 Å². The second-order valence-electron chi connectivity index (χ2n) is 3.40. The number of nitriles is 1. The summed E-state index contributed by atoms with van der Waals surface area (Å²) in [6, 6.07) is 9.09. The Hall–Kier alpha value is -1.99. The van der Waals surface area contributed by atoms with Crippen molar-refractivity contribution in [2.24, 2.45) is 0 Å². The van der Waals surface area contributed by atoms with E-state index < -0.39 is 5.97 Å². The molecule has 5 heteroatoms. The fourth-order valence-electron chi connectivity index (χ4n) is 1.26. The molecule has 94 valence electrons. The van der Waals surface area contributed by atoms with Crippen molar-refractivity contribution in [3.8, 4) is 6.07 Å². The van der Waals surface area contributed by atoms with Gasteiger partial charge in [-0.1, -0.05) is 23.7 Å². The van der Waals surface area contributed by atoms with E-state index in [0.717, 1.165) is 5.56 Å². The van der Waals surface area contributed by atoms with Gasteiger partial charge < -0.3 is 10.1 Å². The molecule has 0 fully saturated rings. The highest BCUT2D eigenvalue weighted by atomic mass is 35.5. The van der Waals surface area contributed by atoms with Crippen LogP contribution in [0.25, 0.3) is 0 Å². The lowest BCUT2D eigenvalue weighted by Gasteiger charge is -2.03. The SMILES string of the molecule is CCOC(=O)C(C#N)=CNCc1cccc(Cl)c1. The van der Waals surface area contributed by atoms with Gasteiger partial charge in [-0.3, -0.25) is 0 Å². The normalized spacial score (nSPS) is 10.6. The number of hydrogen-bond acceptors (Lipinski definition) is 4. The lowest BCUT2D eigenvalue weighted by atomic mass is 10.2. The summed E-state index contributed by atoms with van der Waals surface area (Å²) in [5.74, 6) is -0.626. The highest BCUT2D eigenvalue weighted by Crippen LogP contribution is 2.10. The summed E-state index contributed by atoms with van der Waals surface area (Å²) >= 11 is 5.84. The van der Waals surface area contributed by atoms with E-state index in [1.165, 1.54) is 6.20 Å². The molecule has 1 aromatic carbocycles. The Morgan fingerprint density at radius 2 is 2.39 bits per heavy atom. The molecule has 4 nitrogen and oxygen atoms in total. The fraction of sp³-hybridized carbons (Fsp3) is 0.231. The van der Waals surface area contributed by atoms with Crippen LogP contribution in [0.5, 0.6) is 0 Å². The second-order valence-corrected chi connectivity index (χ2v) is 3.84. The highest BCUT2D eigenvalue weighted by Gasteiger charge is 2.08. The summed E-state index contributed by atoms with van der Waals surface area (Å²) in [5, 5.41) is 12.3. The van der Waals surface area contributed by atoms with Crippen LogP contribution < -0.4 is 5.32 Å². The van der Waals surface area contributed by atoms with Crippen LogP contribution in [0.4, 0.5) is 0 Å². The van der Waals surface area contributed by atoms with Gasteiger partial charge in [-0.25, -0.2) is 4.79 Å². The minimum Gasteiger partial charge on any atom is -0.462 e. The number of hydrogen-bond donors (Lipinski definition) is 1. The zero-order valence-corrected chi connectivity index (χ0v) is 10.7. The number of carbonyl (C=O) groups is 1. The maximum absolute atomic E-state index is 11.3. The number of esters is 1. The Kier molecular flexibility index (Phi) is 5.75. The molecule has 18 heavy (non-hydrogen) atoms. The van der Waals surface area contributed by atoms with Crippen molar-refractivity contribution in [2.45, 2.75) is 13.5 Å². The third-order valence-electron chi connectivity index (χ3n) is 2.06. The maximum Gasteiger partial charge on any atom is 0.350 e. The van der Waals surface area contributed by atoms with Gasteiger partial charge in [0, 0.05) is 17.8 Å². The van der Waals surface area contributed by atoms with Gasteiger partial charge in [-0.05, 0) is 24.6 Å². The summed E-state index contributed by atoms with van der Waals surface area (Å²) in [5.41, 5.74) is 0.902. The van der Waals surface area contributed by atoms with E-state index in [0.29, 0.717) is 11.6 Å². The molecule has 0 heterocycles. The standard InChI is InChI=1S/C13H13ClN2O2/c1-2-18-13(17)11(7-15)9-16-8-10-4-3-5-12(14)6-10/h3-6,9,16H,2,8H2,1H3. The van der Waals surface area contributed by atoms with Crippen LogP contribution in [0, 0.1) is 11.3 Å². The summed E-state index contributed by atoms with van der Waals surface area (Å²) in [6.45, 7) is 2.41. The van der Waals surface area contributed by atoms with Crippen molar-refractivity contribution in [3.63, 3.8) is 0 Å². The molecule has 0 aliphatic rings. The van der Waals surface area contributed by atoms with E-state index in [4.69, 9.17) is 21.6 Å². The summed E-state index contributed by atoms with van der Waals surface area (Å²) in [6.07, 6.45) is 1.35. The molecule has 0 saturated carbocycles. The fourth-order valence-corrected chi connectivity index (χ4v) is 1.48. The Morgan fingerprint density at radius 1 is 1.61 bits per heavy atom. The first kappa shape index (κ1) is 14.1. The van der Waals surface area contributed by atoms with Crippen molar-refractivity contribution >= 4 is 17.6 Å². The van der Waals surface area contributed by atoms with Crippen LogP contribution in [0.3, 0.4) is 0 Å². The maximum atomic E-state index is 11.3. The first-order valence-corrected chi connectivity index (χ1v) is 5.80. The first-order chi connectivity index (χ1) is 8.67. The molecule has 0 bridgehead atoms. The van der Waals surface area contributed by atoms with E-state index in [2.05, 4.69) is 5.32 Å². The molecule has 0 radical (unpaired) electrons. The van der Waals surface area contributed by atoms with E-state index in [1.54, 1.807) is 25.1 Å². The highest BCUT2D eigenvalue weighted by molar-refractivity contribution is 6.30. The molecule has 0 aliphatic carbocycles. The van der Waals surface area contributed by atoms with Gasteiger partial charge in [0.25, 0.3) is 0 Å². The zero-order chi connectivity index (χ0) is 13.4. The molecule has 0 aliphatic heterocycles. The van der Waals surface area contributed by atoms with E-state index >= 15 is 0 Å². The van der Waals surface area contributed by atoms with E-state index in [-0.39, 0.29) is 12.2 Å². The Labute approximate surface area is 111 Å². The van der Waals surface area contributed by atoms with Crippen LogP contribution in [-0.4, -0.2) is 12.6 Å². The molecule has 0 saturated heterocycles. The van der Waals surface area contributed by atoms with Gasteiger partial charge in [0.2, 0.25) is 0 Å². The minimum absolute atomic E-state index is 0.0566. The predicted molar refractivity (Wildman–Crippen MR) is 68.6 cm³/mol. The molecule has 0 spiro atoms. The number of rotatable bonds is 5. The Bertz CT molecular complexity index is 492. The van der Waals surface area contributed by atoms with Gasteiger partial charge >= 0.3 is 5.97 Å². The average molecular weight is 265 g/mol. The monoisotopic (exact) mass is 264 g/mol. The number of ether oxygens (including phenoxy) is 1. The Balaban J connectivity index is 2.58. The summed E-state index contributed by atoms with van der Waals surface area (Å²) in [7, 11) is 0. The van der Waals surface area contributed by atoms with E-state index in [1.807, 2.05) is 12.1 Å². The molecule has 1 aromatic rings. The first-order valence-electron chi connectivity index (χ1n) is 5.42. The number of halogens is 1. The number of benzene rings is 1. The van der Waals surface area contributed by atoms with Crippen LogP contribution in [0.15, 0.2) is 36.0 Å². The molecule has 1 rings (SSSR count). The minimum atomic E-state index is -0.626. The summed E-state index contributed by atoms with van der Waals surface area (Å²) < 4.78 is 4.73. The van der Waals surface area contributed by atoms with Crippen LogP contribution in [0.1, 0.15) is 12.5 Å². The average Bonchev–Trinajstić information content (AvgIpc) is 2.35. The van der Waals surface area contributed by atoms with Crippen LogP contribution in [0.2, 0.25) is 5.02 Å². The predicted octanol–water partition coefficient (Wildman–Crippen LogP) is 2.40. The van der Waals surface area contributed by atoms with Crippen molar-refractivity contribution in [2.75, 3.05) is 6.61 Å². The lowest BCUT2D eigenvalue weighted by Crippen LogP contribution is -2.12. The zero-order valence-electron chi connectivity index (χ0n) is 9.94. The second kappa shape index (κ2) is 7.36. The number of nitrogens with zero attached hydrogens (tertiary/aromatic N) is 1. The van der Waals surface area contributed by atoms with Gasteiger partial charge in [0.1, 0.15) is 6.07 Å². The van der Waals surface area contributed by atoms with Crippen molar-refractivity contribution in [1.82, 2.24) is 5.32 Å². The largest absolute Gasteiger partial charge is 0.462 e. The molecule has 1 N–H and O–H groups in total.